The summed E-state index contributed by atoms with van der Waals surface area (Å²) < 4.78 is 0.838. The number of anilines is 1. The third-order valence-electron chi connectivity index (χ3n) is 3.30. The monoisotopic (exact) mass is 377 g/mol. The Balaban J connectivity index is 1.85. The van der Waals surface area contributed by atoms with Gasteiger partial charge < -0.3 is 11.1 Å². The Morgan fingerprint density at radius 1 is 1.16 bits per heavy atom. The number of ketones is 1. The van der Waals surface area contributed by atoms with Crippen LogP contribution in [0.15, 0.2) is 28.5 Å². The summed E-state index contributed by atoms with van der Waals surface area (Å²) in [5.74, 6) is -0.566. The number of carbonyl (C=O) groups is 3. The summed E-state index contributed by atoms with van der Waals surface area (Å²) in [6.07, 6.45) is 0.234. The highest BCUT2D eigenvalue weighted by atomic mass is 32.2. The summed E-state index contributed by atoms with van der Waals surface area (Å²) in [6, 6.07) is 7.28. The third kappa shape index (κ3) is 5.99. The lowest BCUT2D eigenvalue weighted by Gasteiger charge is -2.02. The van der Waals surface area contributed by atoms with E-state index in [0.29, 0.717) is 10.7 Å². The van der Waals surface area contributed by atoms with Crippen LogP contribution in [-0.2, 0) is 9.59 Å². The van der Waals surface area contributed by atoms with Gasteiger partial charge in [-0.2, -0.15) is 0 Å². The van der Waals surface area contributed by atoms with Crippen molar-refractivity contribution in [3.8, 4) is 0 Å². The van der Waals surface area contributed by atoms with E-state index in [1.165, 1.54) is 23.1 Å². The summed E-state index contributed by atoms with van der Waals surface area (Å²) in [6.45, 7) is 3.75. The fourth-order valence-electron chi connectivity index (χ4n) is 2.00. The Bertz CT molecular complexity index is 785. The maximum atomic E-state index is 12.1. The zero-order valence-electron chi connectivity index (χ0n) is 14.0. The fraction of sp³-hybridized carbons (Fsp3) is 0.294. The van der Waals surface area contributed by atoms with E-state index in [4.69, 9.17) is 5.73 Å². The molecule has 6 nitrogen and oxygen atoms in total. The first-order valence-electron chi connectivity index (χ1n) is 7.63. The third-order valence-corrected chi connectivity index (χ3v) is 5.76. The number of aromatic nitrogens is 1. The molecule has 8 heteroatoms. The second kappa shape index (κ2) is 8.77. The van der Waals surface area contributed by atoms with E-state index in [9.17, 15) is 14.4 Å². The second-order valence-corrected chi connectivity index (χ2v) is 7.73. The highest BCUT2D eigenvalue weighted by Crippen LogP contribution is 2.31. The Morgan fingerprint density at radius 3 is 2.48 bits per heavy atom. The predicted octanol–water partition coefficient (Wildman–Crippen LogP) is 2.94. The number of nitrogens with one attached hydrogen (secondary N) is 1. The van der Waals surface area contributed by atoms with Gasteiger partial charge in [-0.05, 0) is 13.8 Å². The number of benzene rings is 1. The van der Waals surface area contributed by atoms with Gasteiger partial charge in [-0.25, -0.2) is 4.98 Å². The van der Waals surface area contributed by atoms with Gasteiger partial charge in [0.2, 0.25) is 11.8 Å². The van der Waals surface area contributed by atoms with Crippen LogP contribution in [-0.4, -0.2) is 28.3 Å². The van der Waals surface area contributed by atoms with E-state index < -0.39 is 5.91 Å². The molecule has 2 aromatic rings. The van der Waals surface area contributed by atoms with Crippen molar-refractivity contribution >= 4 is 45.8 Å². The first kappa shape index (κ1) is 19.1. The van der Waals surface area contributed by atoms with E-state index in [1.807, 2.05) is 19.1 Å². The lowest BCUT2D eigenvalue weighted by molar-refractivity contribution is -0.116. The van der Waals surface area contributed by atoms with Crippen LogP contribution in [0.25, 0.3) is 0 Å². The van der Waals surface area contributed by atoms with Crippen molar-refractivity contribution in [2.75, 3.05) is 11.1 Å². The minimum Gasteiger partial charge on any atom is -0.369 e. The van der Waals surface area contributed by atoms with Gasteiger partial charge in [0, 0.05) is 18.4 Å². The number of hydrogen-bond donors (Lipinski definition) is 2. The van der Waals surface area contributed by atoms with Gasteiger partial charge in [-0.3, -0.25) is 14.4 Å². The highest BCUT2D eigenvalue weighted by molar-refractivity contribution is 8.01. The molecular formula is C17H19N3O3S2. The van der Waals surface area contributed by atoms with Crippen LogP contribution in [0, 0.1) is 13.8 Å². The van der Waals surface area contributed by atoms with Crippen molar-refractivity contribution in [1.82, 2.24) is 4.98 Å². The number of hydrogen-bond acceptors (Lipinski definition) is 6. The van der Waals surface area contributed by atoms with Crippen LogP contribution in [0.1, 0.15) is 34.5 Å². The maximum absolute atomic E-state index is 12.1. The molecular weight excluding hydrogens is 358 g/mol. The molecule has 1 aromatic heterocycles. The lowest BCUT2D eigenvalue weighted by atomic mass is 10.1. The average Bonchev–Trinajstić information content (AvgIpc) is 2.90. The summed E-state index contributed by atoms with van der Waals surface area (Å²) in [7, 11) is 0. The Labute approximate surface area is 154 Å². The lowest BCUT2D eigenvalue weighted by Crippen LogP contribution is -2.13. The summed E-state index contributed by atoms with van der Waals surface area (Å²) >= 11 is 2.59. The second-order valence-electron chi connectivity index (χ2n) is 5.48. The Kier molecular flexibility index (Phi) is 6.72. The molecule has 132 valence electrons. The predicted molar refractivity (Wildman–Crippen MR) is 100 cm³/mol. The molecule has 0 saturated carbocycles. The molecule has 1 aromatic carbocycles. The number of rotatable bonds is 8. The van der Waals surface area contributed by atoms with Crippen LogP contribution in [0.5, 0.6) is 0 Å². The maximum Gasteiger partial charge on any atom is 0.227 e. The summed E-state index contributed by atoms with van der Waals surface area (Å²) in [5, 5.41) is 3.15. The number of thioether (sulfide) groups is 1. The zero-order valence-corrected chi connectivity index (χ0v) is 15.6. The van der Waals surface area contributed by atoms with Gasteiger partial charge >= 0.3 is 0 Å². The molecule has 0 spiro atoms. The van der Waals surface area contributed by atoms with Gasteiger partial charge in [0.05, 0.1) is 15.7 Å². The zero-order chi connectivity index (χ0) is 18.4. The van der Waals surface area contributed by atoms with Gasteiger partial charge in [0.1, 0.15) is 0 Å². The number of carbonyl (C=O) groups excluding carboxylic acids is 3. The molecule has 0 aliphatic heterocycles. The van der Waals surface area contributed by atoms with Crippen LogP contribution in [0.3, 0.4) is 0 Å². The molecule has 2 amide bonds. The molecule has 1 heterocycles. The van der Waals surface area contributed by atoms with Crippen molar-refractivity contribution in [1.29, 1.82) is 0 Å². The molecule has 0 aliphatic rings. The van der Waals surface area contributed by atoms with E-state index >= 15 is 0 Å². The van der Waals surface area contributed by atoms with E-state index in [1.54, 1.807) is 19.1 Å². The largest absolute Gasteiger partial charge is 0.369 e. The normalized spacial score (nSPS) is 10.5. The van der Waals surface area contributed by atoms with Gasteiger partial charge in [-0.15, -0.1) is 11.8 Å². The number of aryl methyl sites for hydroxylation is 2. The van der Waals surface area contributed by atoms with Crippen LogP contribution < -0.4 is 11.1 Å². The highest BCUT2D eigenvalue weighted by Gasteiger charge is 2.13. The number of primary amides is 1. The van der Waals surface area contributed by atoms with Crippen LogP contribution in [0.2, 0.25) is 0 Å². The first-order valence-corrected chi connectivity index (χ1v) is 9.43. The molecule has 0 saturated heterocycles. The van der Waals surface area contributed by atoms with E-state index in [2.05, 4.69) is 10.3 Å². The Morgan fingerprint density at radius 2 is 1.84 bits per heavy atom. The van der Waals surface area contributed by atoms with Crippen molar-refractivity contribution in [3.63, 3.8) is 0 Å². The summed E-state index contributed by atoms with van der Waals surface area (Å²) in [5.41, 5.74) is 7.55. The smallest absolute Gasteiger partial charge is 0.227 e. The van der Waals surface area contributed by atoms with Gasteiger partial charge in [0.25, 0.3) is 0 Å². The summed E-state index contributed by atoms with van der Waals surface area (Å²) in [4.78, 5) is 39.2. The molecule has 0 radical (unpaired) electrons. The first-order chi connectivity index (χ1) is 11.8. The van der Waals surface area contributed by atoms with Crippen molar-refractivity contribution in [2.45, 2.75) is 30.9 Å². The number of nitrogens with zero attached hydrogens (tertiary/aromatic N) is 1. The van der Waals surface area contributed by atoms with Crippen LogP contribution in [0.4, 0.5) is 5.13 Å². The van der Waals surface area contributed by atoms with Crippen molar-refractivity contribution in [3.05, 3.63) is 41.1 Å². The number of thiazole rings is 1. The minimum absolute atomic E-state index is 0.0665. The molecule has 0 atom stereocenters. The molecule has 0 unspecified atom stereocenters. The molecule has 0 bridgehead atoms. The quantitative estimate of drug-likeness (QED) is 0.544. The van der Waals surface area contributed by atoms with E-state index in [0.717, 1.165) is 15.5 Å². The topological polar surface area (TPSA) is 102 Å². The number of amides is 2. The molecule has 0 fully saturated rings. The molecule has 3 N–H and O–H groups in total. The van der Waals surface area contributed by atoms with Crippen molar-refractivity contribution in [2.24, 2.45) is 5.73 Å². The van der Waals surface area contributed by atoms with E-state index in [-0.39, 0.29) is 30.3 Å². The van der Waals surface area contributed by atoms with Crippen molar-refractivity contribution < 1.29 is 14.4 Å². The number of Topliss-reactive ketones (excluding diaryl/α,β-unsaturated/α-hetero) is 1. The van der Waals surface area contributed by atoms with Gasteiger partial charge in [-0.1, -0.05) is 41.2 Å². The molecule has 0 aliphatic carbocycles. The van der Waals surface area contributed by atoms with Crippen LogP contribution >= 0.6 is 23.1 Å². The SMILES string of the molecule is Cc1ccc(C(=O)CCC(=O)Nc2nc(C)c(SCC(N)=O)s2)cc1. The minimum atomic E-state index is -0.405. The molecule has 2 rings (SSSR count). The standard InChI is InChI=1S/C17H19N3O3S2/c1-10-3-5-12(6-4-10)13(21)7-8-15(23)20-17-19-11(2)16(25-17)24-9-14(18)22/h3-6H,7-9H2,1-2H3,(H2,18,22)(H,19,20,23). The number of nitrogens with two attached hydrogens (primary N) is 1. The average molecular weight is 377 g/mol. The molecule has 25 heavy (non-hydrogen) atoms. The Hall–Kier alpha value is -2.19. The fourth-order valence-corrected chi connectivity index (χ4v) is 3.89. The van der Waals surface area contributed by atoms with Gasteiger partial charge in [0.15, 0.2) is 10.9 Å².